The molecule has 29 heavy (non-hydrogen) atoms. The predicted molar refractivity (Wildman–Crippen MR) is 112 cm³/mol. The Balaban J connectivity index is 0.00000300. The lowest BCUT2D eigenvalue weighted by atomic mass is 9.85. The van der Waals surface area contributed by atoms with E-state index < -0.39 is 11.6 Å². The molecule has 7 heteroatoms. The van der Waals surface area contributed by atoms with Crippen LogP contribution in [0, 0.1) is 11.6 Å². The normalized spacial score (nSPS) is 19.7. The molecule has 3 rings (SSSR count). The van der Waals surface area contributed by atoms with Crippen molar-refractivity contribution in [2.75, 3.05) is 20.2 Å². The number of halogens is 3. The van der Waals surface area contributed by atoms with Crippen LogP contribution in [0.15, 0.2) is 42.5 Å². The Kier molecular flexibility index (Phi) is 8.41. The van der Waals surface area contributed by atoms with Gasteiger partial charge in [0.1, 0.15) is 5.75 Å². The van der Waals surface area contributed by atoms with E-state index >= 15 is 0 Å². The Bertz CT molecular complexity index is 817. The van der Waals surface area contributed by atoms with E-state index in [1.165, 1.54) is 6.07 Å². The molecule has 2 aromatic rings. The summed E-state index contributed by atoms with van der Waals surface area (Å²) in [4.78, 5) is 12.6. The van der Waals surface area contributed by atoms with E-state index in [-0.39, 0.29) is 36.2 Å². The molecule has 1 amide bonds. The van der Waals surface area contributed by atoms with Crippen LogP contribution in [0.1, 0.15) is 42.7 Å². The Labute approximate surface area is 176 Å². The third kappa shape index (κ3) is 5.90. The number of ether oxygens (including phenoxy) is 1. The fourth-order valence-corrected chi connectivity index (χ4v) is 3.75. The van der Waals surface area contributed by atoms with Gasteiger partial charge in [-0.2, -0.15) is 0 Å². The summed E-state index contributed by atoms with van der Waals surface area (Å²) in [5, 5.41) is 6.35. The zero-order chi connectivity index (χ0) is 20.1. The second-order valence-corrected chi connectivity index (χ2v) is 7.33. The first-order valence-electron chi connectivity index (χ1n) is 9.57. The fourth-order valence-electron chi connectivity index (χ4n) is 3.75. The van der Waals surface area contributed by atoms with Gasteiger partial charge in [0.05, 0.1) is 7.11 Å². The van der Waals surface area contributed by atoms with Crippen molar-refractivity contribution in [3.8, 4) is 5.75 Å². The van der Waals surface area contributed by atoms with Crippen LogP contribution < -0.4 is 15.4 Å². The van der Waals surface area contributed by atoms with Crippen molar-refractivity contribution in [3.05, 3.63) is 65.2 Å². The molecule has 0 spiro atoms. The lowest BCUT2D eigenvalue weighted by Crippen LogP contribution is -2.50. The van der Waals surface area contributed by atoms with Gasteiger partial charge in [0, 0.05) is 24.9 Å². The molecule has 0 aliphatic carbocycles. The summed E-state index contributed by atoms with van der Waals surface area (Å²) in [6, 6.07) is 11.5. The van der Waals surface area contributed by atoms with E-state index in [0.717, 1.165) is 30.3 Å². The van der Waals surface area contributed by atoms with E-state index in [4.69, 9.17) is 4.74 Å². The second-order valence-electron chi connectivity index (χ2n) is 7.33. The van der Waals surface area contributed by atoms with E-state index in [0.29, 0.717) is 18.5 Å². The van der Waals surface area contributed by atoms with Gasteiger partial charge in [-0.15, -0.1) is 12.4 Å². The number of hydrogen-bond donors (Lipinski definition) is 2. The molecule has 3 unspecified atom stereocenters. The van der Waals surface area contributed by atoms with E-state index in [2.05, 4.69) is 10.6 Å². The van der Waals surface area contributed by atoms with Crippen molar-refractivity contribution >= 4 is 18.3 Å². The Morgan fingerprint density at radius 1 is 1.21 bits per heavy atom. The molecule has 0 aromatic heterocycles. The highest BCUT2D eigenvalue weighted by molar-refractivity contribution is 5.85. The first kappa shape index (κ1) is 23.1. The summed E-state index contributed by atoms with van der Waals surface area (Å²) >= 11 is 0. The first-order chi connectivity index (χ1) is 13.5. The van der Waals surface area contributed by atoms with Crippen LogP contribution in [0.3, 0.4) is 0 Å². The number of carbonyl (C=O) groups excluding carboxylic acids is 1. The molecule has 158 valence electrons. The standard InChI is InChI=1S/C22H26F2N2O2.ClH/c1-14(15-3-6-17(28-2)7-4-15)11-22(27)26-21-13-25-10-9-18(21)16-5-8-19(23)20(24)12-16;/h3-8,12,14,18,21,25H,9-11,13H2,1-2H3,(H,26,27);1H. The van der Waals surface area contributed by atoms with E-state index in [1.807, 2.05) is 31.2 Å². The molecule has 2 N–H and O–H groups in total. The quantitative estimate of drug-likeness (QED) is 0.732. The zero-order valence-corrected chi connectivity index (χ0v) is 17.4. The number of nitrogens with one attached hydrogen (secondary N) is 2. The number of piperidine rings is 1. The van der Waals surface area contributed by atoms with Gasteiger partial charge in [0.25, 0.3) is 0 Å². The third-order valence-electron chi connectivity index (χ3n) is 5.38. The van der Waals surface area contributed by atoms with Gasteiger partial charge in [0.15, 0.2) is 11.6 Å². The highest BCUT2D eigenvalue weighted by Crippen LogP contribution is 2.28. The molecule has 1 aliphatic heterocycles. The second kappa shape index (κ2) is 10.6. The van der Waals surface area contributed by atoms with Crippen LogP contribution in [-0.4, -0.2) is 32.1 Å². The number of benzene rings is 2. The Hall–Kier alpha value is -2.18. The lowest BCUT2D eigenvalue weighted by molar-refractivity contribution is -0.122. The molecule has 3 atom stereocenters. The number of rotatable bonds is 6. The van der Waals surface area contributed by atoms with Crippen LogP contribution in [0.25, 0.3) is 0 Å². The lowest BCUT2D eigenvalue weighted by Gasteiger charge is -2.33. The van der Waals surface area contributed by atoms with Crippen molar-refractivity contribution in [1.29, 1.82) is 0 Å². The molecule has 1 fully saturated rings. The van der Waals surface area contributed by atoms with Crippen molar-refractivity contribution in [3.63, 3.8) is 0 Å². The topological polar surface area (TPSA) is 50.4 Å². The predicted octanol–water partition coefficient (Wildman–Crippen LogP) is 4.15. The van der Waals surface area contributed by atoms with Crippen molar-refractivity contribution in [2.45, 2.75) is 37.6 Å². The fraction of sp³-hybridized carbons (Fsp3) is 0.409. The van der Waals surface area contributed by atoms with Crippen LogP contribution in [0.4, 0.5) is 8.78 Å². The molecule has 1 aliphatic rings. The molecule has 1 saturated heterocycles. The highest BCUT2D eigenvalue weighted by Gasteiger charge is 2.28. The molecule has 0 radical (unpaired) electrons. The SMILES string of the molecule is COc1ccc(C(C)CC(=O)NC2CNCCC2c2ccc(F)c(F)c2)cc1.Cl. The summed E-state index contributed by atoms with van der Waals surface area (Å²) in [5.74, 6) is -0.964. The molecule has 1 heterocycles. The van der Waals surface area contributed by atoms with Gasteiger partial charge in [-0.05, 0) is 54.3 Å². The number of carbonyl (C=O) groups is 1. The molecule has 0 saturated carbocycles. The number of methoxy groups -OCH3 is 1. The summed E-state index contributed by atoms with van der Waals surface area (Å²) in [5.41, 5.74) is 1.78. The van der Waals surface area contributed by atoms with Gasteiger partial charge in [0.2, 0.25) is 5.91 Å². The minimum absolute atomic E-state index is 0. The van der Waals surface area contributed by atoms with Crippen LogP contribution >= 0.6 is 12.4 Å². The van der Waals surface area contributed by atoms with E-state index in [1.54, 1.807) is 13.2 Å². The maximum atomic E-state index is 13.7. The highest BCUT2D eigenvalue weighted by atomic mass is 35.5. The molecule has 4 nitrogen and oxygen atoms in total. The summed E-state index contributed by atoms with van der Waals surface area (Å²) in [7, 11) is 1.62. The van der Waals surface area contributed by atoms with Crippen LogP contribution in [0.2, 0.25) is 0 Å². The maximum absolute atomic E-state index is 13.7. The molecule has 2 aromatic carbocycles. The largest absolute Gasteiger partial charge is 0.497 e. The molecular weight excluding hydrogens is 398 g/mol. The summed E-state index contributed by atoms with van der Waals surface area (Å²) in [6.45, 7) is 3.39. The van der Waals surface area contributed by atoms with Crippen LogP contribution in [-0.2, 0) is 4.79 Å². The summed E-state index contributed by atoms with van der Waals surface area (Å²) in [6.07, 6.45) is 1.11. The minimum atomic E-state index is -0.855. The number of amides is 1. The average Bonchev–Trinajstić information content (AvgIpc) is 2.70. The summed E-state index contributed by atoms with van der Waals surface area (Å²) < 4.78 is 32.1. The van der Waals surface area contributed by atoms with Gasteiger partial charge in [-0.1, -0.05) is 25.1 Å². The number of hydrogen-bond acceptors (Lipinski definition) is 3. The first-order valence-corrected chi connectivity index (χ1v) is 9.57. The Morgan fingerprint density at radius 3 is 2.59 bits per heavy atom. The zero-order valence-electron chi connectivity index (χ0n) is 16.6. The minimum Gasteiger partial charge on any atom is -0.497 e. The molecular formula is C22H27ClF2N2O2. The van der Waals surface area contributed by atoms with Crippen molar-refractivity contribution in [1.82, 2.24) is 10.6 Å². The average molecular weight is 425 g/mol. The van der Waals surface area contributed by atoms with Crippen molar-refractivity contribution < 1.29 is 18.3 Å². The van der Waals surface area contributed by atoms with Crippen molar-refractivity contribution in [2.24, 2.45) is 0 Å². The van der Waals surface area contributed by atoms with E-state index in [9.17, 15) is 13.6 Å². The smallest absolute Gasteiger partial charge is 0.220 e. The van der Waals surface area contributed by atoms with Gasteiger partial charge < -0.3 is 15.4 Å². The van der Waals surface area contributed by atoms with Crippen LogP contribution in [0.5, 0.6) is 5.75 Å². The molecule has 0 bridgehead atoms. The monoisotopic (exact) mass is 424 g/mol. The van der Waals surface area contributed by atoms with Gasteiger partial charge in [-0.25, -0.2) is 8.78 Å². The van der Waals surface area contributed by atoms with Gasteiger partial charge >= 0.3 is 0 Å². The van der Waals surface area contributed by atoms with Gasteiger partial charge in [-0.3, -0.25) is 4.79 Å². The Morgan fingerprint density at radius 2 is 1.93 bits per heavy atom. The maximum Gasteiger partial charge on any atom is 0.220 e. The third-order valence-corrected chi connectivity index (χ3v) is 5.38.